The molecule has 0 amide bonds. The highest BCUT2D eigenvalue weighted by atomic mass is 32.3. The smallest absolute Gasteiger partial charge is 0.393 e. The molecule has 1 fully saturated rings. The zero-order valence-corrected chi connectivity index (χ0v) is 7.74. The fourth-order valence-corrected chi connectivity index (χ4v) is 1.46. The van der Waals surface area contributed by atoms with E-state index in [1.807, 2.05) is 0 Å². The van der Waals surface area contributed by atoms with Gasteiger partial charge in [-0.05, 0) is 6.42 Å². The first-order chi connectivity index (χ1) is 5.97. The highest BCUT2D eigenvalue weighted by Gasteiger charge is 2.22. The Morgan fingerprint density at radius 3 is 2.77 bits per heavy atom. The van der Waals surface area contributed by atoms with Crippen molar-refractivity contribution >= 4 is 10.4 Å². The van der Waals surface area contributed by atoms with Crippen LogP contribution in [0.2, 0.25) is 0 Å². The van der Waals surface area contributed by atoms with Gasteiger partial charge in [0.2, 0.25) is 0 Å². The lowest BCUT2D eigenvalue weighted by Crippen LogP contribution is -2.32. The summed E-state index contributed by atoms with van der Waals surface area (Å²) in [5.41, 5.74) is 0. The summed E-state index contributed by atoms with van der Waals surface area (Å²) < 4.78 is 37.8. The van der Waals surface area contributed by atoms with Gasteiger partial charge in [0, 0.05) is 13.0 Å². The van der Waals surface area contributed by atoms with E-state index >= 15 is 0 Å². The van der Waals surface area contributed by atoms with Gasteiger partial charge in [-0.25, -0.2) is 4.18 Å². The molecule has 1 aliphatic rings. The summed E-state index contributed by atoms with van der Waals surface area (Å²) in [5.74, 6) is 0. The third-order valence-corrected chi connectivity index (χ3v) is 2.18. The Morgan fingerprint density at radius 2 is 2.23 bits per heavy atom. The normalized spacial score (nSPS) is 30.3. The highest BCUT2D eigenvalue weighted by Crippen LogP contribution is 2.14. The van der Waals surface area contributed by atoms with Crippen molar-refractivity contribution in [1.82, 2.24) is 0 Å². The second-order valence-electron chi connectivity index (χ2n) is 2.88. The molecule has 1 aliphatic heterocycles. The average molecular weight is 212 g/mol. The Kier molecular flexibility index (Phi) is 3.63. The van der Waals surface area contributed by atoms with Crippen LogP contribution in [0.15, 0.2) is 0 Å². The molecule has 0 aromatic heterocycles. The summed E-state index contributed by atoms with van der Waals surface area (Å²) in [6.45, 7) is 0.122. The van der Waals surface area contributed by atoms with Crippen molar-refractivity contribution in [3.05, 3.63) is 0 Å². The fourth-order valence-electron chi connectivity index (χ4n) is 1.14. The Hall–Kier alpha value is -0.210. The molecule has 6 nitrogen and oxygen atoms in total. The lowest BCUT2D eigenvalue weighted by Gasteiger charge is -2.25. The van der Waals surface area contributed by atoms with Crippen LogP contribution < -0.4 is 0 Å². The van der Waals surface area contributed by atoms with Gasteiger partial charge in [0.05, 0.1) is 18.8 Å². The van der Waals surface area contributed by atoms with E-state index in [2.05, 4.69) is 4.18 Å². The number of aliphatic hydroxyl groups excluding tert-OH is 1. The Bertz CT molecular complexity index is 248. The number of hydrogen-bond donors (Lipinski definition) is 2. The molecule has 0 saturated carbocycles. The molecule has 1 rings (SSSR count). The van der Waals surface area contributed by atoms with Crippen LogP contribution in [0.3, 0.4) is 0 Å². The number of aliphatic hydroxyl groups is 1. The van der Waals surface area contributed by atoms with Gasteiger partial charge >= 0.3 is 10.4 Å². The molecule has 1 heterocycles. The van der Waals surface area contributed by atoms with E-state index in [0.717, 1.165) is 0 Å². The molecular weight excluding hydrogens is 200 g/mol. The van der Waals surface area contributed by atoms with Gasteiger partial charge in [-0.2, -0.15) is 8.42 Å². The third-order valence-electron chi connectivity index (χ3n) is 1.74. The quantitative estimate of drug-likeness (QED) is 0.603. The van der Waals surface area contributed by atoms with Crippen LogP contribution in [0.4, 0.5) is 0 Å². The van der Waals surface area contributed by atoms with Gasteiger partial charge in [-0.15, -0.1) is 0 Å². The summed E-state index contributed by atoms with van der Waals surface area (Å²) in [4.78, 5) is 0. The van der Waals surface area contributed by atoms with E-state index in [9.17, 15) is 8.42 Å². The number of hydrogen-bond acceptors (Lipinski definition) is 5. The first kappa shape index (κ1) is 10.9. The summed E-state index contributed by atoms with van der Waals surface area (Å²) in [5, 5.41) is 9.16. The summed E-state index contributed by atoms with van der Waals surface area (Å²) in [6, 6.07) is 0. The minimum Gasteiger partial charge on any atom is -0.393 e. The predicted octanol–water partition coefficient (Wildman–Crippen LogP) is -0.654. The topological polar surface area (TPSA) is 93.1 Å². The molecule has 1 unspecified atom stereocenters. The van der Waals surface area contributed by atoms with Crippen LogP contribution in [-0.2, 0) is 19.3 Å². The van der Waals surface area contributed by atoms with Crippen LogP contribution in [-0.4, -0.2) is 43.5 Å². The molecule has 0 radical (unpaired) electrons. The molecule has 0 spiro atoms. The van der Waals surface area contributed by atoms with Crippen molar-refractivity contribution in [2.75, 3.05) is 13.2 Å². The maximum atomic E-state index is 10.2. The molecule has 0 aromatic carbocycles. The van der Waals surface area contributed by atoms with Crippen molar-refractivity contribution in [2.45, 2.75) is 25.0 Å². The lowest BCUT2D eigenvalue weighted by molar-refractivity contribution is -0.0604. The van der Waals surface area contributed by atoms with E-state index in [1.165, 1.54) is 0 Å². The van der Waals surface area contributed by atoms with Gasteiger partial charge in [0.15, 0.2) is 0 Å². The Balaban J connectivity index is 2.29. The highest BCUT2D eigenvalue weighted by molar-refractivity contribution is 7.80. The molecular formula is C6H12O6S. The second-order valence-corrected chi connectivity index (χ2v) is 3.97. The molecule has 2 N–H and O–H groups in total. The second kappa shape index (κ2) is 4.34. The Labute approximate surface area is 76.4 Å². The fraction of sp³-hybridized carbons (Fsp3) is 1.00. The lowest BCUT2D eigenvalue weighted by atomic mass is 10.1. The van der Waals surface area contributed by atoms with Crippen LogP contribution in [0, 0.1) is 0 Å². The molecule has 7 heteroatoms. The maximum absolute atomic E-state index is 10.2. The summed E-state index contributed by atoms with van der Waals surface area (Å²) in [7, 11) is -4.40. The molecule has 78 valence electrons. The van der Waals surface area contributed by atoms with Gasteiger partial charge in [0.25, 0.3) is 0 Å². The number of rotatable bonds is 3. The summed E-state index contributed by atoms with van der Waals surface area (Å²) in [6.07, 6.45) is -0.0767. The Morgan fingerprint density at radius 1 is 1.54 bits per heavy atom. The third kappa shape index (κ3) is 4.53. The van der Waals surface area contributed by atoms with Gasteiger partial charge in [0.1, 0.15) is 0 Å². The summed E-state index contributed by atoms with van der Waals surface area (Å²) >= 11 is 0. The minimum atomic E-state index is -4.40. The van der Waals surface area contributed by atoms with Crippen molar-refractivity contribution in [3.63, 3.8) is 0 Å². The SMILES string of the molecule is O=S(=O)(O)OC[C@H]1CC(O)CCO1. The zero-order valence-electron chi connectivity index (χ0n) is 6.92. The van der Waals surface area contributed by atoms with Crippen molar-refractivity contribution in [3.8, 4) is 0 Å². The standard InChI is InChI=1S/C6H12O6S/c7-5-1-2-11-6(3-5)4-12-13(8,9)10/h5-7H,1-4H2,(H,8,9,10)/t5?,6-/m1/s1. The first-order valence-electron chi connectivity index (χ1n) is 3.89. The van der Waals surface area contributed by atoms with Crippen LogP contribution >= 0.6 is 0 Å². The average Bonchev–Trinajstić information content (AvgIpc) is 2.00. The maximum Gasteiger partial charge on any atom is 0.397 e. The van der Waals surface area contributed by atoms with Crippen molar-refractivity contribution in [2.24, 2.45) is 0 Å². The number of ether oxygens (including phenoxy) is 1. The van der Waals surface area contributed by atoms with Crippen molar-refractivity contribution in [1.29, 1.82) is 0 Å². The predicted molar refractivity (Wildman–Crippen MR) is 42.5 cm³/mol. The van der Waals surface area contributed by atoms with E-state index in [1.54, 1.807) is 0 Å². The van der Waals surface area contributed by atoms with Gasteiger partial charge in [-0.1, -0.05) is 0 Å². The molecule has 0 aromatic rings. The van der Waals surface area contributed by atoms with Crippen LogP contribution in [0.25, 0.3) is 0 Å². The van der Waals surface area contributed by atoms with Gasteiger partial charge < -0.3 is 9.84 Å². The van der Waals surface area contributed by atoms with E-state index < -0.39 is 22.6 Å². The zero-order chi connectivity index (χ0) is 9.90. The first-order valence-corrected chi connectivity index (χ1v) is 5.25. The van der Waals surface area contributed by atoms with Crippen LogP contribution in [0.5, 0.6) is 0 Å². The largest absolute Gasteiger partial charge is 0.397 e. The van der Waals surface area contributed by atoms with Crippen molar-refractivity contribution < 1.29 is 27.0 Å². The van der Waals surface area contributed by atoms with Crippen LogP contribution in [0.1, 0.15) is 12.8 Å². The monoisotopic (exact) mass is 212 g/mol. The minimum absolute atomic E-state index is 0.254. The molecule has 0 aliphatic carbocycles. The molecule has 13 heavy (non-hydrogen) atoms. The molecule has 0 bridgehead atoms. The van der Waals surface area contributed by atoms with E-state index in [4.69, 9.17) is 14.4 Å². The molecule has 2 atom stereocenters. The van der Waals surface area contributed by atoms with E-state index in [0.29, 0.717) is 19.4 Å². The molecule has 1 saturated heterocycles. The van der Waals surface area contributed by atoms with E-state index in [-0.39, 0.29) is 6.61 Å². The van der Waals surface area contributed by atoms with Gasteiger partial charge in [-0.3, -0.25) is 4.55 Å².